The van der Waals surface area contributed by atoms with Gasteiger partial charge in [0, 0.05) is 18.5 Å². The van der Waals surface area contributed by atoms with Crippen molar-refractivity contribution >= 4 is 17.6 Å². The van der Waals surface area contributed by atoms with Crippen LogP contribution in [0.5, 0.6) is 0 Å². The summed E-state index contributed by atoms with van der Waals surface area (Å²) >= 11 is 1.35. The highest BCUT2D eigenvalue weighted by Gasteiger charge is 1.91. The maximum Gasteiger partial charge on any atom is 0.0340 e. The third-order valence-corrected chi connectivity index (χ3v) is 1.97. The summed E-state index contributed by atoms with van der Waals surface area (Å²) in [6.45, 7) is 0. The fourth-order valence-corrected chi connectivity index (χ4v) is 1.28. The summed E-state index contributed by atoms with van der Waals surface area (Å²) in [6, 6.07) is 8.22. The molecule has 0 atom stereocenters. The third-order valence-electron chi connectivity index (χ3n) is 1.47. The Labute approximate surface area is 71.3 Å². The Morgan fingerprint density at radius 1 is 1.55 bits per heavy atom. The van der Waals surface area contributed by atoms with Crippen LogP contribution >= 0.6 is 11.9 Å². The van der Waals surface area contributed by atoms with Gasteiger partial charge >= 0.3 is 0 Å². The van der Waals surface area contributed by atoms with Crippen molar-refractivity contribution in [1.82, 2.24) is 0 Å². The zero-order valence-electron chi connectivity index (χ0n) is 6.50. The topological polar surface area (TPSA) is 38.0 Å². The maximum absolute atomic E-state index is 5.35. The molecule has 0 saturated heterocycles. The first-order valence-corrected chi connectivity index (χ1v) is 4.50. The highest BCUT2D eigenvalue weighted by atomic mass is 32.2. The largest absolute Gasteiger partial charge is 0.388 e. The molecule has 0 aliphatic heterocycles. The molecule has 0 bridgehead atoms. The second-order valence-electron chi connectivity index (χ2n) is 2.26. The van der Waals surface area contributed by atoms with Gasteiger partial charge in [0.25, 0.3) is 0 Å². The highest BCUT2D eigenvalue weighted by Crippen LogP contribution is 2.12. The summed E-state index contributed by atoms with van der Waals surface area (Å²) in [5.41, 5.74) is 2.39. The summed E-state index contributed by atoms with van der Waals surface area (Å²) in [5.74, 6) is 0.871. The fraction of sp³-hybridized carbons (Fsp3) is 0.250. The monoisotopic (exact) mass is 168 g/mol. The predicted octanol–water partition coefficient (Wildman–Crippen LogP) is 1.84. The van der Waals surface area contributed by atoms with Crippen LogP contribution in [0, 0.1) is 0 Å². The standard InChI is InChI=1S/C8H12N2S/c1-10-8-4-2-3-7(5-8)6-11-9/h2-5,10H,6,9H2,1H3. The van der Waals surface area contributed by atoms with E-state index in [2.05, 4.69) is 17.4 Å². The normalized spacial score (nSPS) is 9.64. The number of benzene rings is 1. The van der Waals surface area contributed by atoms with Gasteiger partial charge < -0.3 is 5.32 Å². The molecule has 60 valence electrons. The van der Waals surface area contributed by atoms with E-state index in [4.69, 9.17) is 5.14 Å². The minimum atomic E-state index is 0.871. The van der Waals surface area contributed by atoms with E-state index in [1.165, 1.54) is 17.5 Å². The quantitative estimate of drug-likeness (QED) is 0.676. The minimum absolute atomic E-state index is 0.871. The van der Waals surface area contributed by atoms with Crippen LogP contribution in [0.25, 0.3) is 0 Å². The highest BCUT2D eigenvalue weighted by molar-refractivity contribution is 7.96. The van der Waals surface area contributed by atoms with Gasteiger partial charge in [0.1, 0.15) is 0 Å². The molecule has 11 heavy (non-hydrogen) atoms. The average molecular weight is 168 g/mol. The molecular weight excluding hydrogens is 156 g/mol. The molecule has 0 spiro atoms. The summed E-state index contributed by atoms with van der Waals surface area (Å²) in [6.07, 6.45) is 0. The zero-order valence-corrected chi connectivity index (χ0v) is 7.32. The molecule has 1 aromatic rings. The number of rotatable bonds is 3. The van der Waals surface area contributed by atoms with Gasteiger partial charge in [-0.05, 0) is 17.7 Å². The third kappa shape index (κ3) is 2.44. The zero-order chi connectivity index (χ0) is 8.10. The van der Waals surface area contributed by atoms with Crippen LogP contribution in [0.4, 0.5) is 5.69 Å². The second kappa shape index (κ2) is 4.26. The molecule has 0 radical (unpaired) electrons. The Morgan fingerprint density at radius 2 is 2.36 bits per heavy atom. The van der Waals surface area contributed by atoms with Crippen LogP contribution in [0.3, 0.4) is 0 Å². The number of nitrogens with two attached hydrogens (primary N) is 1. The predicted molar refractivity (Wildman–Crippen MR) is 51.5 cm³/mol. The van der Waals surface area contributed by atoms with Crippen LogP contribution in [-0.4, -0.2) is 7.05 Å². The van der Waals surface area contributed by atoms with Gasteiger partial charge in [-0.1, -0.05) is 24.1 Å². The molecule has 0 fully saturated rings. The summed E-state index contributed by atoms with van der Waals surface area (Å²) in [4.78, 5) is 0. The molecule has 0 saturated carbocycles. The lowest BCUT2D eigenvalue weighted by atomic mass is 10.2. The lowest BCUT2D eigenvalue weighted by molar-refractivity contribution is 1.39. The van der Waals surface area contributed by atoms with Gasteiger partial charge in [-0.15, -0.1) is 0 Å². The molecule has 1 aromatic carbocycles. The number of hydrogen-bond donors (Lipinski definition) is 2. The van der Waals surface area contributed by atoms with Crippen molar-refractivity contribution in [2.45, 2.75) is 5.75 Å². The van der Waals surface area contributed by atoms with Crippen molar-refractivity contribution in [2.75, 3.05) is 12.4 Å². The Balaban J connectivity index is 2.74. The number of hydrogen-bond acceptors (Lipinski definition) is 3. The van der Waals surface area contributed by atoms with Crippen LogP contribution in [0.2, 0.25) is 0 Å². The number of anilines is 1. The first-order valence-electron chi connectivity index (χ1n) is 3.45. The molecule has 3 heteroatoms. The summed E-state index contributed by atoms with van der Waals surface area (Å²) in [5, 5.41) is 8.42. The van der Waals surface area contributed by atoms with E-state index in [0.29, 0.717) is 0 Å². The first-order chi connectivity index (χ1) is 5.36. The van der Waals surface area contributed by atoms with E-state index in [1.54, 1.807) is 0 Å². The molecule has 0 aliphatic rings. The Morgan fingerprint density at radius 3 is 3.00 bits per heavy atom. The van der Waals surface area contributed by atoms with Gasteiger partial charge in [0.15, 0.2) is 0 Å². The SMILES string of the molecule is CNc1cccc(CSN)c1. The van der Waals surface area contributed by atoms with Gasteiger partial charge in [-0.25, -0.2) is 0 Å². The van der Waals surface area contributed by atoms with Crippen LogP contribution in [-0.2, 0) is 5.75 Å². The maximum atomic E-state index is 5.35. The van der Waals surface area contributed by atoms with Gasteiger partial charge in [0.05, 0.1) is 0 Å². The minimum Gasteiger partial charge on any atom is -0.388 e. The Bertz CT molecular complexity index is 225. The van der Waals surface area contributed by atoms with Gasteiger partial charge in [-0.3, -0.25) is 5.14 Å². The van der Waals surface area contributed by atoms with Crippen molar-refractivity contribution in [3.63, 3.8) is 0 Å². The molecule has 0 amide bonds. The van der Waals surface area contributed by atoms with E-state index >= 15 is 0 Å². The Kier molecular flexibility index (Phi) is 3.26. The van der Waals surface area contributed by atoms with Crippen molar-refractivity contribution < 1.29 is 0 Å². The van der Waals surface area contributed by atoms with Crippen LogP contribution in [0.1, 0.15) is 5.56 Å². The first kappa shape index (κ1) is 8.43. The lowest BCUT2D eigenvalue weighted by Gasteiger charge is -2.01. The lowest BCUT2D eigenvalue weighted by Crippen LogP contribution is -1.90. The van der Waals surface area contributed by atoms with Crippen molar-refractivity contribution in [3.8, 4) is 0 Å². The van der Waals surface area contributed by atoms with E-state index in [9.17, 15) is 0 Å². The van der Waals surface area contributed by atoms with Crippen molar-refractivity contribution in [2.24, 2.45) is 5.14 Å². The summed E-state index contributed by atoms with van der Waals surface area (Å²) in [7, 11) is 1.91. The Hall–Kier alpha value is -0.670. The molecule has 0 heterocycles. The molecule has 3 N–H and O–H groups in total. The van der Waals surface area contributed by atoms with E-state index < -0.39 is 0 Å². The van der Waals surface area contributed by atoms with Crippen LogP contribution < -0.4 is 10.5 Å². The van der Waals surface area contributed by atoms with Crippen molar-refractivity contribution in [1.29, 1.82) is 0 Å². The van der Waals surface area contributed by atoms with Gasteiger partial charge in [-0.2, -0.15) is 0 Å². The molecule has 0 unspecified atom stereocenters. The second-order valence-corrected chi connectivity index (χ2v) is 2.88. The molecular formula is C8H12N2S. The van der Waals surface area contributed by atoms with Gasteiger partial charge in [0.2, 0.25) is 0 Å². The fourth-order valence-electron chi connectivity index (χ4n) is 0.913. The average Bonchev–Trinajstić information content (AvgIpc) is 2.06. The smallest absolute Gasteiger partial charge is 0.0340 e. The van der Waals surface area contributed by atoms with Crippen LogP contribution in [0.15, 0.2) is 24.3 Å². The molecule has 2 nitrogen and oxygen atoms in total. The number of nitrogens with one attached hydrogen (secondary N) is 1. The molecule has 0 aromatic heterocycles. The van der Waals surface area contributed by atoms with E-state index in [1.807, 2.05) is 19.2 Å². The van der Waals surface area contributed by atoms with E-state index in [0.717, 1.165) is 11.4 Å². The van der Waals surface area contributed by atoms with Crippen molar-refractivity contribution in [3.05, 3.63) is 29.8 Å². The summed E-state index contributed by atoms with van der Waals surface area (Å²) < 4.78 is 0. The molecule has 1 rings (SSSR count). The van der Waals surface area contributed by atoms with E-state index in [-0.39, 0.29) is 0 Å². The molecule has 0 aliphatic carbocycles.